The number of anilines is 1. The second-order valence-electron chi connectivity index (χ2n) is 5.80. The van der Waals surface area contributed by atoms with Crippen LogP contribution in [0.25, 0.3) is 6.08 Å². The first kappa shape index (κ1) is 18.9. The van der Waals surface area contributed by atoms with Gasteiger partial charge in [0.25, 0.3) is 0 Å². The van der Waals surface area contributed by atoms with Crippen molar-refractivity contribution in [2.75, 3.05) is 19.5 Å². The van der Waals surface area contributed by atoms with Crippen LogP contribution in [0.1, 0.15) is 30.9 Å². The largest absolute Gasteiger partial charge is 0.493 e. The van der Waals surface area contributed by atoms with Gasteiger partial charge in [0.2, 0.25) is 5.91 Å². The highest BCUT2D eigenvalue weighted by atomic mass is 35.5. The topological polar surface area (TPSA) is 47.6 Å². The number of benzene rings is 2. The third kappa shape index (κ3) is 4.77. The minimum absolute atomic E-state index is 0.209. The summed E-state index contributed by atoms with van der Waals surface area (Å²) in [6.45, 7) is 4.18. The van der Waals surface area contributed by atoms with E-state index in [-0.39, 0.29) is 5.91 Å². The summed E-state index contributed by atoms with van der Waals surface area (Å²) < 4.78 is 10.5. The van der Waals surface area contributed by atoms with E-state index in [1.807, 2.05) is 24.3 Å². The molecule has 0 unspecified atom stereocenters. The predicted octanol–water partition coefficient (Wildman–Crippen LogP) is 5.13. The van der Waals surface area contributed by atoms with E-state index in [0.29, 0.717) is 22.4 Å². The molecule has 0 saturated heterocycles. The number of para-hydroxylation sites is 1. The molecule has 0 bridgehead atoms. The van der Waals surface area contributed by atoms with E-state index in [0.717, 1.165) is 16.8 Å². The molecule has 4 nitrogen and oxygen atoms in total. The second kappa shape index (κ2) is 8.58. The molecule has 0 aromatic heterocycles. The Hall–Kier alpha value is -2.46. The van der Waals surface area contributed by atoms with Crippen LogP contribution in [-0.4, -0.2) is 20.1 Å². The number of halogens is 1. The molecule has 2 rings (SSSR count). The van der Waals surface area contributed by atoms with E-state index in [9.17, 15) is 4.79 Å². The predicted molar refractivity (Wildman–Crippen MR) is 103 cm³/mol. The Kier molecular flexibility index (Phi) is 6.48. The molecule has 0 heterocycles. The Balaban J connectivity index is 2.17. The number of carbonyl (C=O) groups is 1. The van der Waals surface area contributed by atoms with Crippen LogP contribution in [0.4, 0.5) is 5.69 Å². The van der Waals surface area contributed by atoms with Gasteiger partial charge in [-0.05, 0) is 41.3 Å². The fourth-order valence-electron chi connectivity index (χ4n) is 2.49. The van der Waals surface area contributed by atoms with Crippen LogP contribution in [0.5, 0.6) is 11.5 Å². The zero-order valence-corrected chi connectivity index (χ0v) is 15.6. The van der Waals surface area contributed by atoms with Gasteiger partial charge < -0.3 is 14.8 Å². The number of methoxy groups -OCH3 is 2. The summed E-state index contributed by atoms with van der Waals surface area (Å²) in [6.07, 6.45) is 3.15. The summed E-state index contributed by atoms with van der Waals surface area (Å²) in [4.78, 5) is 12.2. The van der Waals surface area contributed by atoms with Gasteiger partial charge in [-0.1, -0.05) is 43.6 Å². The number of hydrogen-bond acceptors (Lipinski definition) is 3. The highest BCUT2D eigenvalue weighted by Crippen LogP contribution is 2.36. The number of nitrogens with one attached hydrogen (secondary N) is 1. The van der Waals surface area contributed by atoms with E-state index < -0.39 is 0 Å². The zero-order chi connectivity index (χ0) is 18.4. The maximum atomic E-state index is 12.2. The molecule has 0 atom stereocenters. The van der Waals surface area contributed by atoms with Crippen LogP contribution in [0.15, 0.2) is 42.5 Å². The van der Waals surface area contributed by atoms with Gasteiger partial charge in [-0.2, -0.15) is 0 Å². The fourth-order valence-corrected chi connectivity index (χ4v) is 2.79. The molecule has 0 saturated carbocycles. The number of amides is 1. The molecule has 1 N–H and O–H groups in total. The Morgan fingerprint density at radius 2 is 1.88 bits per heavy atom. The normalized spacial score (nSPS) is 11.0. The van der Waals surface area contributed by atoms with Crippen molar-refractivity contribution in [3.05, 3.63) is 58.6 Å². The van der Waals surface area contributed by atoms with Crippen LogP contribution in [0, 0.1) is 0 Å². The molecule has 0 spiro atoms. The van der Waals surface area contributed by atoms with Crippen molar-refractivity contribution in [1.29, 1.82) is 0 Å². The molecule has 0 aliphatic rings. The van der Waals surface area contributed by atoms with E-state index in [1.54, 1.807) is 18.2 Å². The summed E-state index contributed by atoms with van der Waals surface area (Å²) in [7, 11) is 3.07. The van der Waals surface area contributed by atoms with Crippen molar-refractivity contribution in [3.63, 3.8) is 0 Å². The Labute approximate surface area is 153 Å². The molecule has 132 valence electrons. The summed E-state index contributed by atoms with van der Waals surface area (Å²) >= 11 is 6.17. The lowest BCUT2D eigenvalue weighted by atomic mass is 10.0. The lowest BCUT2D eigenvalue weighted by Gasteiger charge is -2.12. The second-order valence-corrected chi connectivity index (χ2v) is 6.21. The molecular formula is C20H22ClNO3. The Bertz CT molecular complexity index is 785. The molecule has 0 fully saturated rings. The molecule has 0 radical (unpaired) electrons. The minimum atomic E-state index is -0.209. The van der Waals surface area contributed by atoms with Gasteiger partial charge in [-0.3, -0.25) is 4.79 Å². The van der Waals surface area contributed by atoms with Gasteiger partial charge >= 0.3 is 0 Å². The van der Waals surface area contributed by atoms with Crippen LogP contribution >= 0.6 is 11.6 Å². The smallest absolute Gasteiger partial charge is 0.248 e. The highest BCUT2D eigenvalue weighted by molar-refractivity contribution is 6.32. The maximum absolute atomic E-state index is 12.2. The molecular weight excluding hydrogens is 338 g/mol. The van der Waals surface area contributed by atoms with Gasteiger partial charge in [-0.15, -0.1) is 0 Å². The summed E-state index contributed by atoms with van der Waals surface area (Å²) in [5, 5.41) is 3.34. The average Bonchev–Trinajstić information content (AvgIpc) is 2.59. The van der Waals surface area contributed by atoms with Crippen LogP contribution in [-0.2, 0) is 4.79 Å². The zero-order valence-electron chi connectivity index (χ0n) is 14.8. The van der Waals surface area contributed by atoms with Crippen molar-refractivity contribution in [3.8, 4) is 11.5 Å². The lowest BCUT2D eigenvalue weighted by molar-refractivity contribution is -0.111. The molecule has 25 heavy (non-hydrogen) atoms. The molecule has 5 heteroatoms. The highest BCUT2D eigenvalue weighted by Gasteiger charge is 2.10. The van der Waals surface area contributed by atoms with Crippen LogP contribution in [0.3, 0.4) is 0 Å². The quantitative estimate of drug-likeness (QED) is 0.727. The van der Waals surface area contributed by atoms with E-state index >= 15 is 0 Å². The third-order valence-electron chi connectivity index (χ3n) is 3.72. The molecule has 1 amide bonds. The number of ether oxygens (including phenoxy) is 2. The monoisotopic (exact) mass is 359 g/mol. The van der Waals surface area contributed by atoms with Crippen LogP contribution < -0.4 is 14.8 Å². The van der Waals surface area contributed by atoms with Gasteiger partial charge in [0, 0.05) is 11.8 Å². The van der Waals surface area contributed by atoms with Crippen molar-refractivity contribution < 1.29 is 14.3 Å². The summed E-state index contributed by atoms with van der Waals surface area (Å²) in [5.41, 5.74) is 2.66. The Morgan fingerprint density at radius 3 is 2.52 bits per heavy atom. The number of rotatable bonds is 6. The Morgan fingerprint density at radius 1 is 1.16 bits per heavy atom. The van der Waals surface area contributed by atoms with Crippen molar-refractivity contribution in [1.82, 2.24) is 0 Å². The first-order valence-electron chi connectivity index (χ1n) is 7.95. The SMILES string of the molecule is COc1cc(/C=C/C(=O)Nc2ccccc2C(C)C)cc(Cl)c1OC. The number of carbonyl (C=O) groups excluding carboxylic acids is 1. The summed E-state index contributed by atoms with van der Waals surface area (Å²) in [6, 6.07) is 11.3. The van der Waals surface area contributed by atoms with Crippen molar-refractivity contribution >= 4 is 29.3 Å². The molecule has 0 aliphatic carbocycles. The van der Waals surface area contributed by atoms with E-state index in [1.165, 1.54) is 20.3 Å². The van der Waals surface area contributed by atoms with Crippen LogP contribution in [0.2, 0.25) is 5.02 Å². The third-order valence-corrected chi connectivity index (χ3v) is 4.00. The molecule has 2 aromatic rings. The maximum Gasteiger partial charge on any atom is 0.248 e. The minimum Gasteiger partial charge on any atom is -0.493 e. The van der Waals surface area contributed by atoms with Gasteiger partial charge in [0.05, 0.1) is 19.2 Å². The van der Waals surface area contributed by atoms with Gasteiger partial charge in [-0.25, -0.2) is 0 Å². The standard InChI is InChI=1S/C20H22ClNO3/c1-13(2)15-7-5-6-8-17(15)22-19(23)10-9-14-11-16(21)20(25-4)18(12-14)24-3/h5-13H,1-4H3,(H,22,23)/b10-9+. The van der Waals surface area contributed by atoms with E-state index in [4.69, 9.17) is 21.1 Å². The molecule has 0 aliphatic heterocycles. The van der Waals surface area contributed by atoms with Crippen molar-refractivity contribution in [2.24, 2.45) is 0 Å². The average molecular weight is 360 g/mol. The lowest BCUT2D eigenvalue weighted by Crippen LogP contribution is -2.10. The van der Waals surface area contributed by atoms with Gasteiger partial charge in [0.15, 0.2) is 11.5 Å². The fraction of sp³-hybridized carbons (Fsp3) is 0.250. The van der Waals surface area contributed by atoms with E-state index in [2.05, 4.69) is 19.2 Å². The van der Waals surface area contributed by atoms with Gasteiger partial charge in [0.1, 0.15) is 0 Å². The first-order valence-corrected chi connectivity index (χ1v) is 8.33. The van der Waals surface area contributed by atoms with Crippen molar-refractivity contribution in [2.45, 2.75) is 19.8 Å². The number of hydrogen-bond donors (Lipinski definition) is 1. The molecule has 2 aromatic carbocycles. The summed E-state index contributed by atoms with van der Waals surface area (Å²) in [5.74, 6) is 1.10. The first-order chi connectivity index (χ1) is 12.0.